The van der Waals surface area contributed by atoms with Crippen LogP contribution in [-0.4, -0.2) is 9.97 Å². The zero-order chi connectivity index (χ0) is 9.97. The van der Waals surface area contributed by atoms with Crippen LogP contribution >= 0.6 is 0 Å². The normalized spacial score (nSPS) is 10.1. The molecule has 4 heteroatoms. The predicted octanol–water partition coefficient (Wildman–Crippen LogP) is 1.58. The Kier molecular flexibility index (Phi) is 2.10. The Morgan fingerprint density at radius 2 is 2.14 bits per heavy atom. The van der Waals surface area contributed by atoms with Crippen LogP contribution < -0.4 is 5.69 Å². The molecule has 0 fully saturated rings. The van der Waals surface area contributed by atoms with Gasteiger partial charge in [-0.1, -0.05) is 12.1 Å². The van der Waals surface area contributed by atoms with E-state index < -0.39 is 5.69 Å². The molecule has 14 heavy (non-hydrogen) atoms. The number of nitrogens with one attached hydrogen (secondary N) is 1. The summed E-state index contributed by atoms with van der Waals surface area (Å²) in [5.41, 5.74) is 0.751. The minimum Gasteiger partial charge on any atom is -0.305 e. The Morgan fingerprint density at radius 1 is 1.29 bits per heavy atom. The Hall–Kier alpha value is -1.97. The second-order valence-corrected chi connectivity index (χ2v) is 2.80. The van der Waals surface area contributed by atoms with Crippen LogP contribution in [0.25, 0.3) is 11.3 Å². The highest BCUT2D eigenvalue weighted by molar-refractivity contribution is 5.57. The van der Waals surface area contributed by atoms with Crippen LogP contribution in [-0.2, 0) is 0 Å². The fourth-order valence-corrected chi connectivity index (χ4v) is 1.19. The molecule has 0 bridgehead atoms. The number of nitrogens with zero attached hydrogens (tertiary/aromatic N) is 1. The zero-order valence-electron chi connectivity index (χ0n) is 7.20. The lowest BCUT2D eigenvalue weighted by Gasteiger charge is -1.99. The van der Waals surface area contributed by atoms with Crippen molar-refractivity contribution in [2.24, 2.45) is 0 Å². The van der Waals surface area contributed by atoms with Gasteiger partial charge >= 0.3 is 5.69 Å². The van der Waals surface area contributed by atoms with Gasteiger partial charge in [0.2, 0.25) is 0 Å². The molecule has 0 aliphatic heterocycles. The lowest BCUT2D eigenvalue weighted by atomic mass is 10.1. The van der Waals surface area contributed by atoms with Gasteiger partial charge in [0, 0.05) is 11.8 Å². The molecule has 0 saturated carbocycles. The zero-order valence-corrected chi connectivity index (χ0v) is 7.20. The van der Waals surface area contributed by atoms with Crippen molar-refractivity contribution in [3.05, 3.63) is 52.8 Å². The molecular formula is C10H7FN2O. The summed E-state index contributed by atoms with van der Waals surface area (Å²) in [5, 5.41) is 0. The molecule has 3 nitrogen and oxygen atoms in total. The van der Waals surface area contributed by atoms with Crippen LogP contribution in [0.5, 0.6) is 0 Å². The second kappa shape index (κ2) is 3.41. The predicted molar refractivity (Wildman–Crippen MR) is 50.3 cm³/mol. The molecule has 0 aliphatic rings. The number of benzene rings is 1. The first-order valence-corrected chi connectivity index (χ1v) is 4.07. The molecule has 0 aliphatic carbocycles. The number of H-pyrrole nitrogens is 1. The molecule has 2 aromatic rings. The quantitative estimate of drug-likeness (QED) is 0.741. The van der Waals surface area contributed by atoms with E-state index in [4.69, 9.17) is 0 Å². The summed E-state index contributed by atoms with van der Waals surface area (Å²) >= 11 is 0. The summed E-state index contributed by atoms with van der Waals surface area (Å²) < 4.78 is 12.8. The number of hydrogen-bond acceptors (Lipinski definition) is 2. The second-order valence-electron chi connectivity index (χ2n) is 2.80. The van der Waals surface area contributed by atoms with Crippen molar-refractivity contribution >= 4 is 0 Å². The molecular weight excluding hydrogens is 183 g/mol. The molecule has 1 heterocycles. The molecule has 0 radical (unpaired) electrons. The Morgan fingerprint density at radius 3 is 2.86 bits per heavy atom. The smallest absolute Gasteiger partial charge is 0.305 e. The number of rotatable bonds is 1. The molecule has 0 saturated heterocycles. The summed E-state index contributed by atoms with van der Waals surface area (Å²) in [5.74, 6) is -0.333. The van der Waals surface area contributed by atoms with Crippen LogP contribution in [0, 0.1) is 5.82 Å². The molecule has 70 valence electrons. The van der Waals surface area contributed by atoms with Gasteiger partial charge in [-0.25, -0.2) is 14.2 Å². The van der Waals surface area contributed by atoms with Gasteiger partial charge in [0.25, 0.3) is 0 Å². The largest absolute Gasteiger partial charge is 0.345 e. The van der Waals surface area contributed by atoms with Gasteiger partial charge < -0.3 is 4.98 Å². The van der Waals surface area contributed by atoms with Crippen molar-refractivity contribution in [2.75, 3.05) is 0 Å². The summed E-state index contributed by atoms with van der Waals surface area (Å²) in [6.45, 7) is 0. The van der Waals surface area contributed by atoms with Crippen molar-refractivity contribution < 1.29 is 4.39 Å². The van der Waals surface area contributed by atoms with E-state index in [-0.39, 0.29) is 5.82 Å². The minimum atomic E-state index is -0.438. The van der Waals surface area contributed by atoms with Crippen molar-refractivity contribution in [3.8, 4) is 11.3 Å². The third kappa shape index (κ3) is 1.69. The summed E-state index contributed by atoms with van der Waals surface area (Å²) in [4.78, 5) is 16.9. The van der Waals surface area contributed by atoms with Crippen LogP contribution in [0.4, 0.5) is 4.39 Å². The summed E-state index contributed by atoms with van der Waals surface area (Å²) in [7, 11) is 0. The molecule has 0 spiro atoms. The topological polar surface area (TPSA) is 45.8 Å². The van der Waals surface area contributed by atoms with Crippen molar-refractivity contribution in [3.63, 3.8) is 0 Å². The van der Waals surface area contributed by atoms with Crippen molar-refractivity contribution in [1.82, 2.24) is 9.97 Å². The first kappa shape index (κ1) is 8.62. The van der Waals surface area contributed by atoms with Gasteiger partial charge in [0.05, 0.1) is 5.69 Å². The van der Waals surface area contributed by atoms with Gasteiger partial charge in [-0.15, -0.1) is 0 Å². The monoisotopic (exact) mass is 190 g/mol. The van der Waals surface area contributed by atoms with Gasteiger partial charge in [0.15, 0.2) is 0 Å². The fraction of sp³-hybridized carbons (Fsp3) is 0. The maximum absolute atomic E-state index is 12.8. The third-order valence-corrected chi connectivity index (χ3v) is 1.81. The van der Waals surface area contributed by atoms with Crippen LogP contribution in [0.1, 0.15) is 0 Å². The van der Waals surface area contributed by atoms with Crippen LogP contribution in [0.2, 0.25) is 0 Å². The number of aromatic amines is 1. The van der Waals surface area contributed by atoms with E-state index in [1.165, 1.54) is 18.3 Å². The number of hydrogen-bond donors (Lipinski definition) is 1. The van der Waals surface area contributed by atoms with Crippen molar-refractivity contribution in [1.29, 1.82) is 0 Å². The Labute approximate surface area is 79.3 Å². The molecule has 2 rings (SSSR count). The average molecular weight is 190 g/mol. The molecule has 0 unspecified atom stereocenters. The molecule has 1 aromatic heterocycles. The van der Waals surface area contributed by atoms with Gasteiger partial charge in [-0.3, -0.25) is 0 Å². The van der Waals surface area contributed by atoms with E-state index in [0.717, 1.165) is 0 Å². The first-order valence-electron chi connectivity index (χ1n) is 4.07. The Balaban J connectivity index is 2.55. The third-order valence-electron chi connectivity index (χ3n) is 1.81. The summed E-state index contributed by atoms with van der Waals surface area (Å²) in [6, 6.07) is 7.63. The maximum atomic E-state index is 12.8. The van der Waals surface area contributed by atoms with E-state index in [9.17, 15) is 9.18 Å². The average Bonchev–Trinajstić information content (AvgIpc) is 2.18. The lowest BCUT2D eigenvalue weighted by molar-refractivity contribution is 0.628. The van der Waals surface area contributed by atoms with E-state index in [0.29, 0.717) is 11.3 Å². The fourth-order valence-electron chi connectivity index (χ4n) is 1.19. The van der Waals surface area contributed by atoms with Gasteiger partial charge in [-0.05, 0) is 18.2 Å². The van der Waals surface area contributed by atoms with Gasteiger partial charge in [0.1, 0.15) is 5.82 Å². The summed E-state index contributed by atoms with van der Waals surface area (Å²) in [6.07, 6.45) is 1.39. The van der Waals surface area contributed by atoms with E-state index in [1.54, 1.807) is 18.2 Å². The highest BCUT2D eigenvalue weighted by atomic mass is 19.1. The number of halogens is 1. The highest BCUT2D eigenvalue weighted by Gasteiger charge is 1.99. The first-order chi connectivity index (χ1) is 6.75. The lowest BCUT2D eigenvalue weighted by Crippen LogP contribution is -2.09. The minimum absolute atomic E-state index is 0.333. The SMILES string of the molecule is O=c1nccc(-c2cccc(F)c2)[nH]1. The van der Waals surface area contributed by atoms with Crippen LogP contribution in [0.3, 0.4) is 0 Å². The van der Waals surface area contributed by atoms with E-state index in [2.05, 4.69) is 9.97 Å². The van der Waals surface area contributed by atoms with E-state index in [1.807, 2.05) is 0 Å². The Bertz CT molecular complexity index is 507. The molecule has 0 amide bonds. The maximum Gasteiger partial charge on any atom is 0.345 e. The van der Waals surface area contributed by atoms with Crippen molar-refractivity contribution in [2.45, 2.75) is 0 Å². The molecule has 1 aromatic carbocycles. The molecule has 0 atom stereocenters. The van der Waals surface area contributed by atoms with E-state index >= 15 is 0 Å². The van der Waals surface area contributed by atoms with Gasteiger partial charge in [-0.2, -0.15) is 0 Å². The van der Waals surface area contributed by atoms with Crippen LogP contribution in [0.15, 0.2) is 41.3 Å². The highest BCUT2D eigenvalue weighted by Crippen LogP contribution is 2.15. The number of aromatic nitrogens is 2. The molecule has 1 N–H and O–H groups in total. The standard InChI is InChI=1S/C10H7FN2O/c11-8-3-1-2-7(6-8)9-4-5-12-10(14)13-9/h1-6H,(H,12,13,14).